The van der Waals surface area contributed by atoms with Gasteiger partial charge in [-0.3, -0.25) is 9.59 Å². The van der Waals surface area contributed by atoms with Crippen LogP contribution in [0.25, 0.3) is 0 Å². The van der Waals surface area contributed by atoms with Gasteiger partial charge in [0.15, 0.2) is 0 Å². The Morgan fingerprint density at radius 1 is 1.32 bits per heavy atom. The largest absolute Gasteiger partial charge is 0.481 e. The Balaban J connectivity index is 1.85. The highest BCUT2D eigenvalue weighted by molar-refractivity contribution is 6.30. The molecule has 0 bridgehead atoms. The number of hydrazine groups is 1. The van der Waals surface area contributed by atoms with Gasteiger partial charge in [-0.1, -0.05) is 23.7 Å². The number of likely N-dealkylation sites (N-methyl/N-ethyl adjacent to an activating group) is 1. The summed E-state index contributed by atoms with van der Waals surface area (Å²) in [6, 6.07) is 7.27. The van der Waals surface area contributed by atoms with Crippen molar-refractivity contribution in [2.24, 2.45) is 0 Å². The molecular weight excluding hydrogens is 306 g/mol. The van der Waals surface area contributed by atoms with E-state index in [1.54, 1.807) is 11.9 Å². The summed E-state index contributed by atoms with van der Waals surface area (Å²) in [6.07, 6.45) is 1.17. The van der Waals surface area contributed by atoms with E-state index in [9.17, 15) is 9.59 Å². The number of halogens is 1. The molecule has 1 aliphatic heterocycles. The molecule has 0 radical (unpaired) electrons. The molecule has 120 valence electrons. The minimum Gasteiger partial charge on any atom is -0.481 e. The Labute approximate surface area is 134 Å². The molecule has 2 rings (SSSR count). The average molecular weight is 326 g/mol. The van der Waals surface area contributed by atoms with Crippen molar-refractivity contribution in [1.82, 2.24) is 15.8 Å². The smallest absolute Gasteiger partial charge is 0.303 e. The van der Waals surface area contributed by atoms with Crippen molar-refractivity contribution in [3.63, 3.8) is 0 Å². The number of carbonyl (C=O) groups excluding carboxylic acids is 1. The molecule has 1 saturated heterocycles. The van der Waals surface area contributed by atoms with E-state index in [-0.39, 0.29) is 24.4 Å². The van der Waals surface area contributed by atoms with E-state index in [2.05, 4.69) is 10.9 Å². The second kappa shape index (κ2) is 7.58. The molecule has 1 fully saturated rings. The first-order valence-corrected chi connectivity index (χ1v) is 7.58. The SMILES string of the molecule is CN(CCCC(=O)O)C(=O)C1CC(c2ccc(Cl)cc2)NN1. The Morgan fingerprint density at radius 3 is 2.64 bits per heavy atom. The van der Waals surface area contributed by atoms with E-state index in [4.69, 9.17) is 16.7 Å². The summed E-state index contributed by atoms with van der Waals surface area (Å²) in [5.41, 5.74) is 7.20. The van der Waals surface area contributed by atoms with Gasteiger partial charge in [-0.25, -0.2) is 10.9 Å². The lowest BCUT2D eigenvalue weighted by atomic mass is 10.0. The van der Waals surface area contributed by atoms with Gasteiger partial charge in [-0.05, 0) is 30.5 Å². The average Bonchev–Trinajstić information content (AvgIpc) is 2.96. The van der Waals surface area contributed by atoms with Crippen LogP contribution in [0.2, 0.25) is 5.02 Å². The number of carboxylic acids is 1. The summed E-state index contributed by atoms with van der Waals surface area (Å²) in [6.45, 7) is 0.439. The summed E-state index contributed by atoms with van der Waals surface area (Å²) in [4.78, 5) is 24.4. The molecule has 7 heteroatoms. The summed E-state index contributed by atoms with van der Waals surface area (Å²) >= 11 is 5.87. The number of carboxylic acid groups (broad SMARTS) is 1. The van der Waals surface area contributed by atoms with Gasteiger partial charge in [-0.2, -0.15) is 0 Å². The minimum atomic E-state index is -0.843. The lowest BCUT2D eigenvalue weighted by Crippen LogP contribution is -2.44. The molecule has 2 atom stereocenters. The highest BCUT2D eigenvalue weighted by Gasteiger charge is 2.31. The summed E-state index contributed by atoms with van der Waals surface area (Å²) in [5, 5.41) is 9.30. The van der Waals surface area contributed by atoms with Gasteiger partial charge in [-0.15, -0.1) is 0 Å². The Morgan fingerprint density at radius 2 is 2.00 bits per heavy atom. The predicted octanol–water partition coefficient (Wildman–Crippen LogP) is 1.57. The van der Waals surface area contributed by atoms with Gasteiger partial charge < -0.3 is 10.0 Å². The number of aliphatic carboxylic acids is 1. The summed E-state index contributed by atoms with van der Waals surface area (Å²) < 4.78 is 0. The maximum atomic E-state index is 12.3. The molecule has 1 aliphatic rings. The zero-order chi connectivity index (χ0) is 16.1. The molecule has 6 nitrogen and oxygen atoms in total. The van der Waals surface area contributed by atoms with Gasteiger partial charge in [0.1, 0.15) is 6.04 Å². The maximum absolute atomic E-state index is 12.3. The molecule has 0 aliphatic carbocycles. The Bertz CT molecular complexity index is 535. The molecule has 1 heterocycles. The first kappa shape index (κ1) is 16.7. The number of benzene rings is 1. The third-order valence-corrected chi connectivity index (χ3v) is 3.99. The van der Waals surface area contributed by atoms with Crippen molar-refractivity contribution in [3.8, 4) is 0 Å². The van der Waals surface area contributed by atoms with E-state index >= 15 is 0 Å². The normalized spacial score (nSPS) is 20.8. The monoisotopic (exact) mass is 325 g/mol. The van der Waals surface area contributed by atoms with E-state index in [1.807, 2.05) is 24.3 Å². The molecule has 0 aromatic heterocycles. The van der Waals surface area contributed by atoms with Crippen LogP contribution in [0.4, 0.5) is 0 Å². The van der Waals surface area contributed by atoms with Gasteiger partial charge in [0.25, 0.3) is 0 Å². The van der Waals surface area contributed by atoms with E-state index < -0.39 is 5.97 Å². The first-order chi connectivity index (χ1) is 10.5. The van der Waals surface area contributed by atoms with E-state index in [1.165, 1.54) is 0 Å². The fourth-order valence-electron chi connectivity index (χ4n) is 2.48. The lowest BCUT2D eigenvalue weighted by molar-refractivity contribution is -0.138. The molecule has 2 unspecified atom stereocenters. The Kier molecular flexibility index (Phi) is 5.76. The number of nitrogens with one attached hydrogen (secondary N) is 2. The standard InChI is InChI=1S/C15H20ClN3O3/c1-19(8-2-3-14(20)21)15(22)13-9-12(17-18-13)10-4-6-11(16)7-5-10/h4-7,12-13,17-18H,2-3,8-9H2,1H3,(H,20,21). The van der Waals surface area contributed by atoms with Crippen LogP contribution in [-0.2, 0) is 9.59 Å². The molecule has 22 heavy (non-hydrogen) atoms. The summed E-state index contributed by atoms with van der Waals surface area (Å²) in [7, 11) is 1.70. The third kappa shape index (κ3) is 4.43. The maximum Gasteiger partial charge on any atom is 0.303 e. The fourth-order valence-corrected chi connectivity index (χ4v) is 2.60. The second-order valence-corrected chi connectivity index (χ2v) is 5.87. The van der Waals surface area contributed by atoms with Gasteiger partial charge >= 0.3 is 5.97 Å². The van der Waals surface area contributed by atoms with Crippen molar-refractivity contribution >= 4 is 23.5 Å². The third-order valence-electron chi connectivity index (χ3n) is 3.73. The highest BCUT2D eigenvalue weighted by Crippen LogP contribution is 2.24. The van der Waals surface area contributed by atoms with Gasteiger partial charge in [0, 0.05) is 31.1 Å². The van der Waals surface area contributed by atoms with Crippen molar-refractivity contribution < 1.29 is 14.7 Å². The van der Waals surface area contributed by atoms with Crippen molar-refractivity contribution in [2.75, 3.05) is 13.6 Å². The summed E-state index contributed by atoms with van der Waals surface area (Å²) in [5.74, 6) is -0.876. The zero-order valence-electron chi connectivity index (χ0n) is 12.4. The number of carbonyl (C=O) groups is 2. The second-order valence-electron chi connectivity index (χ2n) is 5.44. The number of hydrogen-bond acceptors (Lipinski definition) is 4. The van der Waals surface area contributed by atoms with Gasteiger partial charge in [0.05, 0.1) is 0 Å². The van der Waals surface area contributed by atoms with Crippen LogP contribution in [0, 0.1) is 0 Å². The molecule has 1 aromatic carbocycles. The lowest BCUT2D eigenvalue weighted by Gasteiger charge is -2.20. The molecule has 1 aromatic rings. The van der Waals surface area contributed by atoms with Crippen LogP contribution in [0.3, 0.4) is 0 Å². The Hall–Kier alpha value is -1.63. The molecule has 1 amide bonds. The van der Waals surface area contributed by atoms with Crippen molar-refractivity contribution in [1.29, 1.82) is 0 Å². The molecule has 3 N–H and O–H groups in total. The minimum absolute atomic E-state index is 0.0330. The fraction of sp³-hybridized carbons (Fsp3) is 0.467. The van der Waals surface area contributed by atoms with E-state index in [0.717, 1.165) is 5.56 Å². The van der Waals surface area contributed by atoms with Crippen LogP contribution in [0.15, 0.2) is 24.3 Å². The molecule has 0 spiro atoms. The van der Waals surface area contributed by atoms with Crippen LogP contribution in [0.5, 0.6) is 0 Å². The van der Waals surface area contributed by atoms with Crippen molar-refractivity contribution in [3.05, 3.63) is 34.9 Å². The van der Waals surface area contributed by atoms with Crippen LogP contribution in [0.1, 0.15) is 30.9 Å². The molecular formula is C15H20ClN3O3. The molecule has 0 saturated carbocycles. The van der Waals surface area contributed by atoms with Crippen LogP contribution < -0.4 is 10.9 Å². The zero-order valence-corrected chi connectivity index (χ0v) is 13.1. The van der Waals surface area contributed by atoms with Crippen LogP contribution in [-0.4, -0.2) is 41.5 Å². The number of rotatable bonds is 6. The number of hydrogen-bond donors (Lipinski definition) is 3. The quantitative estimate of drug-likeness (QED) is 0.739. The van der Waals surface area contributed by atoms with E-state index in [0.29, 0.717) is 24.4 Å². The highest BCUT2D eigenvalue weighted by atomic mass is 35.5. The number of nitrogens with zero attached hydrogens (tertiary/aromatic N) is 1. The number of amides is 1. The first-order valence-electron chi connectivity index (χ1n) is 7.20. The van der Waals surface area contributed by atoms with Crippen molar-refractivity contribution in [2.45, 2.75) is 31.3 Å². The predicted molar refractivity (Wildman–Crippen MR) is 83.4 cm³/mol. The van der Waals surface area contributed by atoms with Crippen LogP contribution >= 0.6 is 11.6 Å². The topological polar surface area (TPSA) is 81.7 Å². The van der Waals surface area contributed by atoms with Gasteiger partial charge in [0.2, 0.25) is 5.91 Å².